The summed E-state index contributed by atoms with van der Waals surface area (Å²) in [4.78, 5) is 39.8. The number of ether oxygens (including phenoxy) is 4. The number of hydrogen-bond donors (Lipinski definition) is 10. The molecule has 262 valence electrons. The van der Waals surface area contributed by atoms with Crippen LogP contribution in [0.3, 0.4) is 0 Å². The number of nitrogens with one attached hydrogen (secondary N) is 2. The zero-order valence-electron chi connectivity index (χ0n) is 25.4. The molecule has 0 radical (unpaired) electrons. The third-order valence-corrected chi connectivity index (χ3v) is 8.45. The number of carbonyl (C=O) groups is 3. The van der Waals surface area contributed by atoms with Gasteiger partial charge in [0.05, 0.1) is 37.5 Å². The van der Waals surface area contributed by atoms with Gasteiger partial charge < -0.3 is 75.3 Å². The van der Waals surface area contributed by atoms with Gasteiger partial charge in [0.15, 0.2) is 12.6 Å². The van der Waals surface area contributed by atoms with E-state index >= 15 is 0 Å². The number of nitrogens with zero attached hydrogens (tertiary/aromatic N) is 4. The second-order valence-corrected chi connectivity index (χ2v) is 11.5. The molecule has 3 amide bonds. The summed E-state index contributed by atoms with van der Waals surface area (Å²) in [5.74, 6) is -2.21. The molecule has 2 heterocycles. The fourth-order valence-electron chi connectivity index (χ4n) is 5.83. The average molecular weight is 667 g/mol. The van der Waals surface area contributed by atoms with Gasteiger partial charge in [0.2, 0.25) is 17.7 Å². The molecule has 0 aromatic rings. The molecule has 10 N–H and O–H groups in total. The minimum atomic E-state index is -2.32. The number of rotatable bonds is 11. The van der Waals surface area contributed by atoms with E-state index in [0.29, 0.717) is 0 Å². The number of aliphatic hydroxyl groups excluding tert-OH is 7. The topological polar surface area (TPSA) is 326 Å². The Bertz CT molecular complexity index is 1150. The van der Waals surface area contributed by atoms with E-state index in [1.165, 1.54) is 14.0 Å². The lowest BCUT2D eigenvalue weighted by Crippen LogP contribution is -2.72. The van der Waals surface area contributed by atoms with Crippen molar-refractivity contribution in [2.75, 3.05) is 26.8 Å². The number of likely N-dealkylation sites (N-methyl/N-ethyl adjacent to an activating group) is 1. The van der Waals surface area contributed by atoms with Gasteiger partial charge >= 0.3 is 0 Å². The molecule has 3 rings (SSSR count). The molecule has 0 aromatic heterocycles. The van der Waals surface area contributed by atoms with E-state index in [-0.39, 0.29) is 0 Å². The van der Waals surface area contributed by atoms with Crippen LogP contribution in [0.1, 0.15) is 20.8 Å². The lowest BCUT2D eigenvalue weighted by molar-refractivity contribution is -0.326. The Hall–Kier alpha value is -2.76. The number of carbonyl (C=O) groups excluding carboxylic acids is 3. The lowest BCUT2D eigenvalue weighted by atomic mass is 9.81. The quantitative estimate of drug-likeness (QED) is 0.0557. The van der Waals surface area contributed by atoms with E-state index in [1.54, 1.807) is 0 Å². The fourth-order valence-corrected chi connectivity index (χ4v) is 5.83. The van der Waals surface area contributed by atoms with Crippen LogP contribution in [0.2, 0.25) is 0 Å². The summed E-state index contributed by atoms with van der Waals surface area (Å²) in [5.41, 5.74) is 6.29. The first-order chi connectivity index (χ1) is 21.5. The summed E-state index contributed by atoms with van der Waals surface area (Å²) in [6.07, 6.45) is -18.9. The van der Waals surface area contributed by atoms with Gasteiger partial charge in [-0.25, -0.2) is 0 Å². The SMILES string of the molecule is CC(=O)NC1C(O)C(O)C(O[C@@H]2O[C@@H](C)[C@](O)(CO)[C@H]2OC2OC(CO)C(O)C(O)C2N(C)C(=O)CN=[N+]=[N-])C(NC(C)=O)C1O. The molecular formula is C25H42N6O15. The van der Waals surface area contributed by atoms with Crippen molar-refractivity contribution in [1.29, 1.82) is 0 Å². The first-order valence-electron chi connectivity index (χ1n) is 14.3. The van der Waals surface area contributed by atoms with Crippen LogP contribution in [0, 0.1) is 0 Å². The van der Waals surface area contributed by atoms with E-state index in [2.05, 4.69) is 20.7 Å². The standard InChI is InChI=1S/C25H42N6O15/c1-8-25(42,7-33)22(46-23-15(31(4)12(36)5-27-30-26)19(40)16(37)11(6-32)44-23)24(43-8)45-21-14(29-10(3)35)17(38)13(28-9(2)34)18(39)20(21)41/h8,11,13-24,32-33,37-42H,5-7H2,1-4H3,(H,28,34)(H,29,35)/t8-,11?,13?,14?,15?,16?,17?,18?,19?,20?,21?,22-,23?,24-,25+/m0/s1. The van der Waals surface area contributed by atoms with Gasteiger partial charge in [0, 0.05) is 25.8 Å². The van der Waals surface area contributed by atoms with Crippen molar-refractivity contribution in [2.45, 2.75) is 112 Å². The van der Waals surface area contributed by atoms with Crippen LogP contribution in [-0.2, 0) is 33.3 Å². The second-order valence-electron chi connectivity index (χ2n) is 11.5. The second kappa shape index (κ2) is 15.4. The molecule has 11 unspecified atom stereocenters. The van der Waals surface area contributed by atoms with Gasteiger partial charge in [0.1, 0.15) is 60.9 Å². The number of amides is 3. The zero-order chi connectivity index (χ0) is 34.7. The molecular weight excluding hydrogens is 624 g/mol. The zero-order valence-corrected chi connectivity index (χ0v) is 25.4. The molecule has 2 aliphatic heterocycles. The minimum Gasteiger partial charge on any atom is -0.394 e. The maximum absolute atomic E-state index is 12.7. The highest BCUT2D eigenvalue weighted by Crippen LogP contribution is 2.39. The lowest BCUT2D eigenvalue weighted by Gasteiger charge is -2.48. The van der Waals surface area contributed by atoms with Crippen molar-refractivity contribution in [3.05, 3.63) is 10.4 Å². The van der Waals surface area contributed by atoms with Crippen LogP contribution in [0.5, 0.6) is 0 Å². The molecule has 15 atom stereocenters. The monoisotopic (exact) mass is 666 g/mol. The fraction of sp³-hybridized carbons (Fsp3) is 0.880. The highest BCUT2D eigenvalue weighted by molar-refractivity contribution is 5.78. The smallest absolute Gasteiger partial charge is 0.228 e. The van der Waals surface area contributed by atoms with Crippen LogP contribution >= 0.6 is 0 Å². The third kappa shape index (κ3) is 7.52. The van der Waals surface area contributed by atoms with Crippen molar-refractivity contribution < 1.29 is 74.2 Å². The predicted molar refractivity (Wildman–Crippen MR) is 148 cm³/mol. The Balaban J connectivity index is 2.00. The molecule has 21 heteroatoms. The van der Waals surface area contributed by atoms with Gasteiger partial charge in [-0.1, -0.05) is 5.11 Å². The van der Waals surface area contributed by atoms with Crippen molar-refractivity contribution in [3.8, 4) is 0 Å². The van der Waals surface area contributed by atoms with E-state index in [4.69, 9.17) is 24.5 Å². The van der Waals surface area contributed by atoms with E-state index < -0.39 is 129 Å². The van der Waals surface area contributed by atoms with E-state index in [1.807, 2.05) is 0 Å². The molecule has 21 nitrogen and oxygen atoms in total. The first-order valence-corrected chi connectivity index (χ1v) is 14.3. The predicted octanol–water partition coefficient (Wildman–Crippen LogP) is -6.09. The summed E-state index contributed by atoms with van der Waals surface area (Å²) in [6, 6.07) is -4.52. The molecule has 2 saturated heterocycles. The Morgan fingerprint density at radius 3 is 2.07 bits per heavy atom. The summed E-state index contributed by atoms with van der Waals surface area (Å²) in [5, 5.41) is 93.6. The minimum absolute atomic E-state index is 0.663. The maximum atomic E-state index is 12.7. The van der Waals surface area contributed by atoms with E-state index in [9.17, 15) is 55.2 Å². The van der Waals surface area contributed by atoms with Gasteiger partial charge in [0.25, 0.3) is 0 Å². The normalized spacial score (nSPS) is 42.5. The molecule has 1 saturated carbocycles. The Morgan fingerprint density at radius 2 is 1.52 bits per heavy atom. The van der Waals surface area contributed by atoms with Crippen LogP contribution in [-0.4, -0.2) is 182 Å². The number of aliphatic hydroxyl groups is 8. The molecule has 3 aliphatic rings. The van der Waals surface area contributed by atoms with Gasteiger partial charge in [-0.05, 0) is 12.5 Å². The van der Waals surface area contributed by atoms with Crippen LogP contribution in [0.25, 0.3) is 10.4 Å². The Labute approximate surface area is 262 Å². The molecule has 0 aromatic carbocycles. The summed E-state index contributed by atoms with van der Waals surface area (Å²) in [6.45, 7) is 0.949. The summed E-state index contributed by atoms with van der Waals surface area (Å²) < 4.78 is 23.3. The maximum Gasteiger partial charge on any atom is 0.228 e. The number of azide groups is 1. The number of hydrogen-bond acceptors (Lipinski definition) is 16. The average Bonchev–Trinajstić information content (AvgIpc) is 3.24. The largest absolute Gasteiger partial charge is 0.394 e. The Kier molecular flexibility index (Phi) is 12.6. The van der Waals surface area contributed by atoms with Crippen molar-refractivity contribution in [1.82, 2.24) is 15.5 Å². The highest BCUT2D eigenvalue weighted by atomic mass is 16.8. The van der Waals surface area contributed by atoms with Crippen molar-refractivity contribution in [2.24, 2.45) is 5.11 Å². The third-order valence-electron chi connectivity index (χ3n) is 8.45. The summed E-state index contributed by atoms with van der Waals surface area (Å²) >= 11 is 0. The molecule has 0 bridgehead atoms. The van der Waals surface area contributed by atoms with Gasteiger partial charge in [-0.3, -0.25) is 14.4 Å². The van der Waals surface area contributed by atoms with Gasteiger partial charge in [-0.15, -0.1) is 0 Å². The first kappa shape index (κ1) is 37.7. The molecule has 1 aliphatic carbocycles. The van der Waals surface area contributed by atoms with Crippen LogP contribution in [0.4, 0.5) is 0 Å². The van der Waals surface area contributed by atoms with E-state index in [0.717, 1.165) is 18.7 Å². The van der Waals surface area contributed by atoms with Crippen LogP contribution < -0.4 is 10.6 Å². The molecule has 3 fully saturated rings. The molecule has 46 heavy (non-hydrogen) atoms. The van der Waals surface area contributed by atoms with Crippen LogP contribution in [0.15, 0.2) is 5.11 Å². The molecule has 0 spiro atoms. The van der Waals surface area contributed by atoms with Crippen molar-refractivity contribution in [3.63, 3.8) is 0 Å². The highest BCUT2D eigenvalue weighted by Gasteiger charge is 2.61. The Morgan fingerprint density at radius 1 is 0.913 bits per heavy atom. The van der Waals surface area contributed by atoms with Crippen molar-refractivity contribution >= 4 is 17.7 Å². The summed E-state index contributed by atoms with van der Waals surface area (Å²) in [7, 11) is 1.17. The van der Waals surface area contributed by atoms with Gasteiger partial charge in [-0.2, -0.15) is 0 Å².